The predicted octanol–water partition coefficient (Wildman–Crippen LogP) is 1.62. The Morgan fingerprint density at radius 3 is 3.06 bits per heavy atom. The number of hydrogen-bond donors (Lipinski definition) is 1. The number of nitriles is 1. The average molecular weight is 247 g/mol. The molecule has 1 N–H and O–H groups in total. The highest BCUT2D eigenvalue weighted by molar-refractivity contribution is 7.99. The van der Waals surface area contributed by atoms with Gasteiger partial charge in [-0.1, -0.05) is 17.8 Å². The number of hydrogen-bond acceptors (Lipinski definition) is 4. The summed E-state index contributed by atoms with van der Waals surface area (Å²) in [5.41, 5.74) is 1.95. The van der Waals surface area contributed by atoms with Crippen molar-refractivity contribution in [3.05, 3.63) is 23.8 Å². The Hall–Kier alpha value is -2.00. The maximum absolute atomic E-state index is 10.5. The lowest BCUT2D eigenvalue weighted by Crippen LogP contribution is -2.00. The number of thioether (sulfide) groups is 1. The summed E-state index contributed by atoms with van der Waals surface area (Å²) in [4.78, 5) is 14.8. The fourth-order valence-electron chi connectivity index (χ4n) is 1.54. The van der Waals surface area contributed by atoms with E-state index in [1.807, 2.05) is 6.07 Å². The molecule has 0 bridgehead atoms. The highest BCUT2D eigenvalue weighted by atomic mass is 32.2. The van der Waals surface area contributed by atoms with Gasteiger partial charge in [0.25, 0.3) is 0 Å². The van der Waals surface area contributed by atoms with Crippen molar-refractivity contribution in [3.63, 3.8) is 0 Å². The monoisotopic (exact) mass is 247 g/mol. The number of imidazole rings is 1. The number of aryl methyl sites for hydroxylation is 1. The number of nitrogens with zero attached hydrogens (tertiary/aromatic N) is 3. The van der Waals surface area contributed by atoms with Crippen LogP contribution in [0.2, 0.25) is 0 Å². The molecule has 1 aromatic heterocycles. The summed E-state index contributed by atoms with van der Waals surface area (Å²) >= 11 is 1.14. The number of carboxylic acids is 1. The van der Waals surface area contributed by atoms with Gasteiger partial charge in [0.2, 0.25) is 0 Å². The predicted molar refractivity (Wildman–Crippen MR) is 63.8 cm³/mol. The van der Waals surface area contributed by atoms with Crippen molar-refractivity contribution < 1.29 is 9.90 Å². The minimum atomic E-state index is -0.887. The van der Waals surface area contributed by atoms with Crippen LogP contribution in [0, 0.1) is 11.3 Å². The van der Waals surface area contributed by atoms with E-state index >= 15 is 0 Å². The van der Waals surface area contributed by atoms with Gasteiger partial charge < -0.3 is 9.67 Å². The van der Waals surface area contributed by atoms with Crippen LogP contribution in [-0.4, -0.2) is 26.4 Å². The lowest BCUT2D eigenvalue weighted by atomic mass is 10.2. The van der Waals surface area contributed by atoms with Gasteiger partial charge in [0.1, 0.15) is 11.6 Å². The summed E-state index contributed by atoms with van der Waals surface area (Å²) in [7, 11) is 1.81. The van der Waals surface area contributed by atoms with Crippen molar-refractivity contribution in [1.29, 1.82) is 5.26 Å². The third-order valence-electron chi connectivity index (χ3n) is 2.32. The van der Waals surface area contributed by atoms with Gasteiger partial charge in [0.05, 0.1) is 16.8 Å². The van der Waals surface area contributed by atoms with Gasteiger partial charge in [-0.3, -0.25) is 4.79 Å². The summed E-state index contributed by atoms with van der Waals surface area (Å²) in [6, 6.07) is 7.41. The Kier molecular flexibility index (Phi) is 3.02. The second-order valence-corrected chi connectivity index (χ2v) is 4.36. The maximum Gasteiger partial charge on any atom is 0.313 e. The van der Waals surface area contributed by atoms with Crippen LogP contribution in [0.5, 0.6) is 0 Å². The molecule has 0 saturated heterocycles. The first kappa shape index (κ1) is 11.5. The van der Waals surface area contributed by atoms with E-state index < -0.39 is 5.97 Å². The molecule has 6 heteroatoms. The molecule has 2 rings (SSSR count). The minimum absolute atomic E-state index is 0.0426. The minimum Gasteiger partial charge on any atom is -0.481 e. The lowest BCUT2D eigenvalue weighted by molar-refractivity contribution is -0.133. The molecular weight excluding hydrogens is 238 g/mol. The molecule has 0 aliphatic rings. The van der Waals surface area contributed by atoms with E-state index in [-0.39, 0.29) is 5.75 Å². The molecule has 1 aromatic carbocycles. The number of rotatable bonds is 3. The quantitative estimate of drug-likeness (QED) is 0.834. The molecule has 0 unspecified atom stereocenters. The van der Waals surface area contributed by atoms with Crippen molar-refractivity contribution in [3.8, 4) is 6.07 Å². The first-order chi connectivity index (χ1) is 8.13. The summed E-state index contributed by atoms with van der Waals surface area (Å²) in [5, 5.41) is 18.2. The fourth-order valence-corrected chi connectivity index (χ4v) is 2.24. The second kappa shape index (κ2) is 4.47. The van der Waals surface area contributed by atoms with Crippen LogP contribution in [0.3, 0.4) is 0 Å². The molecule has 0 spiro atoms. The van der Waals surface area contributed by atoms with Crippen LogP contribution in [-0.2, 0) is 11.8 Å². The van der Waals surface area contributed by atoms with Gasteiger partial charge >= 0.3 is 5.97 Å². The smallest absolute Gasteiger partial charge is 0.313 e. The van der Waals surface area contributed by atoms with Crippen LogP contribution in [0.1, 0.15) is 5.56 Å². The van der Waals surface area contributed by atoms with Gasteiger partial charge in [-0.15, -0.1) is 0 Å². The zero-order valence-corrected chi connectivity index (χ0v) is 9.86. The van der Waals surface area contributed by atoms with Crippen molar-refractivity contribution >= 4 is 28.8 Å². The van der Waals surface area contributed by atoms with E-state index in [1.54, 1.807) is 23.7 Å². The molecule has 1 heterocycles. The van der Waals surface area contributed by atoms with Crippen molar-refractivity contribution in [2.45, 2.75) is 5.16 Å². The van der Waals surface area contributed by atoms with Crippen LogP contribution < -0.4 is 0 Å². The largest absolute Gasteiger partial charge is 0.481 e. The third kappa shape index (κ3) is 2.10. The molecule has 2 aromatic rings. The zero-order chi connectivity index (χ0) is 12.4. The molecule has 0 aliphatic heterocycles. The number of fused-ring (bicyclic) bond motifs is 1. The number of carbonyl (C=O) groups is 1. The highest BCUT2D eigenvalue weighted by Crippen LogP contribution is 2.24. The van der Waals surface area contributed by atoms with Crippen LogP contribution in [0.4, 0.5) is 0 Å². The Morgan fingerprint density at radius 2 is 2.41 bits per heavy atom. The molecule has 17 heavy (non-hydrogen) atoms. The van der Waals surface area contributed by atoms with Crippen LogP contribution in [0.15, 0.2) is 23.4 Å². The van der Waals surface area contributed by atoms with E-state index in [9.17, 15) is 4.79 Å². The van der Waals surface area contributed by atoms with Crippen molar-refractivity contribution in [2.75, 3.05) is 5.75 Å². The van der Waals surface area contributed by atoms with E-state index in [0.29, 0.717) is 16.2 Å². The van der Waals surface area contributed by atoms with Crippen molar-refractivity contribution in [1.82, 2.24) is 9.55 Å². The Balaban J connectivity index is 2.49. The molecule has 0 aliphatic carbocycles. The first-order valence-corrected chi connectivity index (χ1v) is 5.82. The van der Waals surface area contributed by atoms with E-state index in [4.69, 9.17) is 10.4 Å². The van der Waals surface area contributed by atoms with E-state index in [2.05, 4.69) is 11.1 Å². The fraction of sp³-hybridized carbons (Fsp3) is 0.182. The Morgan fingerprint density at radius 1 is 1.65 bits per heavy atom. The van der Waals surface area contributed by atoms with Gasteiger partial charge in [0.15, 0.2) is 5.16 Å². The third-order valence-corrected chi connectivity index (χ3v) is 3.33. The van der Waals surface area contributed by atoms with Gasteiger partial charge in [0, 0.05) is 7.05 Å². The van der Waals surface area contributed by atoms with Crippen LogP contribution in [0.25, 0.3) is 11.0 Å². The second-order valence-electron chi connectivity index (χ2n) is 3.42. The SMILES string of the molecule is Cn1c(SCC(=O)O)nc2c(C#N)cccc21. The zero-order valence-electron chi connectivity index (χ0n) is 9.04. The Labute approximate surface area is 102 Å². The number of benzene rings is 1. The highest BCUT2D eigenvalue weighted by Gasteiger charge is 2.12. The molecule has 0 fully saturated rings. The number of carboxylic acid groups (broad SMARTS) is 1. The Bertz CT molecular complexity index is 627. The topological polar surface area (TPSA) is 78.9 Å². The lowest BCUT2D eigenvalue weighted by Gasteiger charge is -1.99. The molecule has 0 radical (unpaired) electrons. The van der Waals surface area contributed by atoms with E-state index in [0.717, 1.165) is 17.3 Å². The van der Waals surface area contributed by atoms with Crippen molar-refractivity contribution in [2.24, 2.45) is 7.05 Å². The molecular formula is C11H9N3O2S. The maximum atomic E-state index is 10.5. The molecule has 5 nitrogen and oxygen atoms in total. The van der Waals surface area contributed by atoms with Crippen LogP contribution >= 0.6 is 11.8 Å². The molecule has 0 saturated carbocycles. The average Bonchev–Trinajstić information content (AvgIpc) is 2.64. The standard InChI is InChI=1S/C11H9N3O2S/c1-14-8-4-2-3-7(5-12)10(8)13-11(14)17-6-9(15)16/h2-4H,6H2,1H3,(H,15,16). The number of aromatic nitrogens is 2. The first-order valence-electron chi connectivity index (χ1n) is 4.83. The molecule has 0 atom stereocenters. The molecule has 86 valence electrons. The molecule has 0 amide bonds. The van der Waals surface area contributed by atoms with Gasteiger partial charge in [-0.25, -0.2) is 4.98 Å². The van der Waals surface area contributed by atoms with Gasteiger partial charge in [-0.05, 0) is 12.1 Å². The summed E-state index contributed by atoms with van der Waals surface area (Å²) in [6.45, 7) is 0. The number of aliphatic carboxylic acids is 1. The summed E-state index contributed by atoms with van der Waals surface area (Å²) in [5.74, 6) is -0.929. The summed E-state index contributed by atoms with van der Waals surface area (Å²) in [6.07, 6.45) is 0. The normalized spacial score (nSPS) is 10.4. The number of para-hydroxylation sites is 1. The van der Waals surface area contributed by atoms with E-state index in [1.165, 1.54) is 0 Å². The van der Waals surface area contributed by atoms with Gasteiger partial charge in [-0.2, -0.15) is 5.26 Å². The summed E-state index contributed by atoms with van der Waals surface area (Å²) < 4.78 is 1.80.